The minimum Gasteiger partial charge on any atom is -0.478 e. The monoisotopic (exact) mass is 316 g/mol. The van der Waals surface area contributed by atoms with Gasteiger partial charge in [-0.3, -0.25) is 9.97 Å². The van der Waals surface area contributed by atoms with E-state index in [0.29, 0.717) is 6.20 Å². The molecule has 0 radical (unpaired) electrons. The molecule has 2 heterocycles. The summed E-state index contributed by atoms with van der Waals surface area (Å²) < 4.78 is 37.6. The Labute approximate surface area is 122 Å². The highest BCUT2D eigenvalue weighted by Gasteiger charge is 2.31. The van der Waals surface area contributed by atoms with Gasteiger partial charge in [-0.25, -0.2) is 4.79 Å². The molecule has 0 aromatic carbocycles. The van der Waals surface area contributed by atoms with Gasteiger partial charge in [0.1, 0.15) is 0 Å². The molecule has 1 N–H and O–H groups in total. The van der Waals surface area contributed by atoms with Gasteiger partial charge < -0.3 is 5.11 Å². The van der Waals surface area contributed by atoms with Crippen molar-refractivity contribution in [3.63, 3.8) is 0 Å². The van der Waals surface area contributed by atoms with E-state index in [4.69, 9.17) is 16.7 Å². The highest BCUT2D eigenvalue weighted by Crippen LogP contribution is 2.34. The van der Waals surface area contributed by atoms with Crippen molar-refractivity contribution in [3.05, 3.63) is 46.4 Å². The fourth-order valence-electron chi connectivity index (χ4n) is 1.68. The average Bonchev–Trinajstić information content (AvgIpc) is 2.38. The van der Waals surface area contributed by atoms with Gasteiger partial charge in [-0.2, -0.15) is 13.2 Å². The molecule has 0 bridgehead atoms. The Balaban J connectivity index is 2.53. The van der Waals surface area contributed by atoms with E-state index in [-0.39, 0.29) is 27.5 Å². The Morgan fingerprint density at radius 2 is 1.90 bits per heavy atom. The largest absolute Gasteiger partial charge is 0.478 e. The van der Waals surface area contributed by atoms with Crippen LogP contribution in [0.3, 0.4) is 0 Å². The number of halogens is 4. The molecule has 0 saturated carbocycles. The third-order valence-corrected chi connectivity index (χ3v) is 3.05. The third-order valence-electron chi connectivity index (χ3n) is 2.76. The van der Waals surface area contributed by atoms with Crippen LogP contribution in [0.5, 0.6) is 0 Å². The predicted molar refractivity (Wildman–Crippen MR) is 69.2 cm³/mol. The summed E-state index contributed by atoms with van der Waals surface area (Å²) in [6, 6.07) is 2.01. The molecule has 2 rings (SSSR count). The number of hydrogen-bond donors (Lipinski definition) is 1. The number of aromatic carboxylic acids is 1. The molecular formula is C13H8ClF3N2O2. The van der Waals surface area contributed by atoms with Crippen molar-refractivity contribution in [2.24, 2.45) is 0 Å². The molecule has 8 heteroatoms. The van der Waals surface area contributed by atoms with E-state index >= 15 is 0 Å². The number of hydrogen-bond acceptors (Lipinski definition) is 3. The fourth-order valence-corrected chi connectivity index (χ4v) is 1.96. The lowest BCUT2D eigenvalue weighted by Gasteiger charge is -2.10. The number of pyridine rings is 2. The predicted octanol–water partition coefficient (Wildman–Crippen LogP) is 3.82. The third kappa shape index (κ3) is 3.13. The van der Waals surface area contributed by atoms with Gasteiger partial charge in [-0.15, -0.1) is 0 Å². The van der Waals surface area contributed by atoms with Crippen molar-refractivity contribution in [1.82, 2.24) is 9.97 Å². The van der Waals surface area contributed by atoms with E-state index in [2.05, 4.69) is 9.97 Å². The van der Waals surface area contributed by atoms with Crippen molar-refractivity contribution >= 4 is 17.6 Å². The Morgan fingerprint density at radius 3 is 2.43 bits per heavy atom. The van der Waals surface area contributed by atoms with Crippen molar-refractivity contribution in [3.8, 4) is 11.3 Å². The lowest BCUT2D eigenvalue weighted by atomic mass is 10.1. The van der Waals surface area contributed by atoms with Crippen LogP contribution in [0, 0.1) is 6.92 Å². The second-order valence-corrected chi connectivity index (χ2v) is 4.62. The number of alkyl halides is 3. The molecule has 110 valence electrons. The van der Waals surface area contributed by atoms with Crippen molar-refractivity contribution in [2.75, 3.05) is 0 Å². The van der Waals surface area contributed by atoms with Gasteiger partial charge in [-0.05, 0) is 19.1 Å². The minimum atomic E-state index is -4.55. The van der Waals surface area contributed by atoms with Crippen LogP contribution in [0.2, 0.25) is 5.02 Å². The molecule has 0 fully saturated rings. The fraction of sp³-hybridized carbons (Fsp3) is 0.154. The summed E-state index contributed by atoms with van der Waals surface area (Å²) in [5.74, 6) is -1.19. The van der Waals surface area contributed by atoms with Gasteiger partial charge in [0, 0.05) is 18.0 Å². The van der Waals surface area contributed by atoms with Gasteiger partial charge in [0.15, 0.2) is 0 Å². The molecule has 0 aliphatic rings. The first kappa shape index (κ1) is 15.2. The number of aryl methyl sites for hydroxylation is 1. The Morgan fingerprint density at radius 1 is 1.24 bits per heavy atom. The van der Waals surface area contributed by atoms with Gasteiger partial charge in [0.25, 0.3) is 0 Å². The lowest BCUT2D eigenvalue weighted by Crippen LogP contribution is -2.06. The maximum atomic E-state index is 12.5. The molecule has 2 aromatic heterocycles. The highest BCUT2D eigenvalue weighted by molar-refractivity contribution is 6.33. The summed E-state index contributed by atoms with van der Waals surface area (Å²) in [7, 11) is 0. The van der Waals surface area contributed by atoms with Crippen molar-refractivity contribution in [2.45, 2.75) is 13.1 Å². The molecule has 4 nitrogen and oxygen atoms in total. The molecule has 0 aliphatic carbocycles. The average molecular weight is 317 g/mol. The van der Waals surface area contributed by atoms with Crippen LogP contribution in [-0.2, 0) is 6.18 Å². The van der Waals surface area contributed by atoms with Gasteiger partial charge in [0.2, 0.25) is 0 Å². The van der Waals surface area contributed by atoms with E-state index in [1.165, 1.54) is 19.2 Å². The standard InChI is InChI=1S/C13H8ClF3N2O2/c1-6-9(12(20)21)2-7(4-18-6)11-10(14)3-8(5-19-11)13(15,16)17/h2-5H,1H3,(H,20,21). The summed E-state index contributed by atoms with van der Waals surface area (Å²) in [5.41, 5.74) is -0.481. The van der Waals surface area contributed by atoms with E-state index in [0.717, 1.165) is 6.07 Å². The molecule has 0 spiro atoms. The zero-order chi connectivity index (χ0) is 15.8. The Hall–Kier alpha value is -2.15. The number of rotatable bonds is 2. The number of aromatic nitrogens is 2. The summed E-state index contributed by atoms with van der Waals surface area (Å²) in [6.45, 7) is 1.51. The molecule has 0 amide bonds. The van der Waals surface area contributed by atoms with E-state index < -0.39 is 17.7 Å². The van der Waals surface area contributed by atoms with E-state index in [9.17, 15) is 18.0 Å². The molecule has 0 aliphatic heterocycles. The minimum absolute atomic E-state index is 0.0414. The number of carboxylic acid groups (broad SMARTS) is 1. The van der Waals surface area contributed by atoms with Crippen LogP contribution in [0.15, 0.2) is 24.5 Å². The SMILES string of the molecule is Cc1ncc(-c2ncc(C(F)(F)F)cc2Cl)cc1C(=O)O. The summed E-state index contributed by atoms with van der Waals surface area (Å²) >= 11 is 5.80. The summed E-state index contributed by atoms with van der Waals surface area (Å²) in [6.07, 6.45) is -2.60. The molecule has 0 saturated heterocycles. The smallest absolute Gasteiger partial charge is 0.417 e. The first-order valence-corrected chi connectivity index (χ1v) is 6.01. The van der Waals surface area contributed by atoms with Crippen molar-refractivity contribution < 1.29 is 23.1 Å². The lowest BCUT2D eigenvalue weighted by molar-refractivity contribution is -0.137. The molecule has 0 atom stereocenters. The Bertz CT molecular complexity index is 717. The van der Waals surface area contributed by atoms with Crippen LogP contribution >= 0.6 is 11.6 Å². The second kappa shape index (κ2) is 5.33. The van der Waals surface area contributed by atoms with E-state index in [1.807, 2.05) is 0 Å². The van der Waals surface area contributed by atoms with Crippen LogP contribution in [0.1, 0.15) is 21.6 Å². The second-order valence-electron chi connectivity index (χ2n) is 4.21. The topological polar surface area (TPSA) is 63.1 Å². The van der Waals surface area contributed by atoms with E-state index in [1.54, 1.807) is 0 Å². The zero-order valence-corrected chi connectivity index (χ0v) is 11.3. The van der Waals surface area contributed by atoms with Crippen molar-refractivity contribution in [1.29, 1.82) is 0 Å². The maximum Gasteiger partial charge on any atom is 0.417 e. The quantitative estimate of drug-likeness (QED) is 0.914. The normalized spacial score (nSPS) is 11.5. The Kier molecular flexibility index (Phi) is 3.87. The zero-order valence-electron chi connectivity index (χ0n) is 10.6. The maximum absolute atomic E-state index is 12.5. The first-order chi connectivity index (χ1) is 9.70. The molecular weight excluding hydrogens is 309 g/mol. The number of carboxylic acids is 1. The van der Waals surface area contributed by atoms with Crippen LogP contribution < -0.4 is 0 Å². The molecule has 2 aromatic rings. The van der Waals surface area contributed by atoms with Gasteiger partial charge >= 0.3 is 12.1 Å². The summed E-state index contributed by atoms with van der Waals surface area (Å²) in [5, 5.41) is 8.79. The van der Waals surface area contributed by atoms with Crippen LogP contribution in [0.4, 0.5) is 13.2 Å². The summed E-state index contributed by atoms with van der Waals surface area (Å²) in [4.78, 5) is 18.6. The molecule has 0 unspecified atom stereocenters. The van der Waals surface area contributed by atoms with Crippen LogP contribution in [0.25, 0.3) is 11.3 Å². The van der Waals surface area contributed by atoms with Crippen LogP contribution in [-0.4, -0.2) is 21.0 Å². The van der Waals surface area contributed by atoms with Gasteiger partial charge in [0.05, 0.1) is 27.5 Å². The highest BCUT2D eigenvalue weighted by atomic mass is 35.5. The number of carbonyl (C=O) groups is 1. The first-order valence-electron chi connectivity index (χ1n) is 5.63. The molecule has 21 heavy (non-hydrogen) atoms. The van der Waals surface area contributed by atoms with Gasteiger partial charge in [-0.1, -0.05) is 11.6 Å². The number of nitrogens with zero attached hydrogens (tertiary/aromatic N) is 2.